The van der Waals surface area contributed by atoms with Crippen molar-refractivity contribution < 1.29 is 4.74 Å². The third-order valence-corrected chi connectivity index (χ3v) is 3.66. The van der Waals surface area contributed by atoms with E-state index in [2.05, 4.69) is 13.8 Å². The van der Waals surface area contributed by atoms with Gasteiger partial charge in [-0.25, -0.2) is 0 Å². The fraction of sp³-hybridized carbons (Fsp3) is 1.00. The molecule has 2 aliphatic rings. The molecule has 0 bridgehead atoms. The maximum Gasteiger partial charge on any atom is 0.148 e. The van der Waals surface area contributed by atoms with Gasteiger partial charge >= 0.3 is 0 Å². The van der Waals surface area contributed by atoms with E-state index < -0.39 is 5.72 Å². The Kier molecular flexibility index (Phi) is 1.43. The molecule has 0 amide bonds. The molecule has 0 aromatic rings. The van der Waals surface area contributed by atoms with Crippen LogP contribution in [0.2, 0.25) is 0 Å². The van der Waals surface area contributed by atoms with Crippen molar-refractivity contribution in [1.29, 1.82) is 0 Å². The van der Waals surface area contributed by atoms with Crippen molar-refractivity contribution >= 4 is 0 Å². The van der Waals surface area contributed by atoms with Gasteiger partial charge in [-0.2, -0.15) is 0 Å². The van der Waals surface area contributed by atoms with Crippen LogP contribution in [0.3, 0.4) is 0 Å². The molecule has 0 aromatic carbocycles. The van der Waals surface area contributed by atoms with Gasteiger partial charge in [0.25, 0.3) is 0 Å². The van der Waals surface area contributed by atoms with E-state index in [1.165, 1.54) is 0 Å². The standard InChI is InChI=1S/C9H18N2O/c1-3-8-7(2,10)5-4-6-9(8,11)12-8/h3-6,10-11H2,1-2H3. The minimum Gasteiger partial charge on any atom is -0.345 e. The first-order valence-corrected chi connectivity index (χ1v) is 4.75. The molecule has 0 aromatic heterocycles. The molecule has 1 saturated carbocycles. The van der Waals surface area contributed by atoms with Crippen molar-refractivity contribution in [2.75, 3.05) is 0 Å². The maximum atomic E-state index is 6.19. The van der Waals surface area contributed by atoms with Crippen LogP contribution in [0.25, 0.3) is 0 Å². The highest BCUT2D eigenvalue weighted by Crippen LogP contribution is 2.59. The number of epoxide rings is 1. The minimum atomic E-state index is -0.399. The van der Waals surface area contributed by atoms with Gasteiger partial charge < -0.3 is 16.2 Å². The summed E-state index contributed by atoms with van der Waals surface area (Å²) >= 11 is 0. The molecule has 0 radical (unpaired) electrons. The summed E-state index contributed by atoms with van der Waals surface area (Å²) in [5.41, 5.74) is 11.4. The Hall–Kier alpha value is -0.120. The van der Waals surface area contributed by atoms with Crippen molar-refractivity contribution in [2.45, 2.75) is 56.4 Å². The molecule has 1 aliphatic carbocycles. The molecule has 1 heterocycles. The highest BCUT2D eigenvalue weighted by molar-refractivity contribution is 5.24. The third kappa shape index (κ3) is 0.721. The fourth-order valence-electron chi connectivity index (χ4n) is 2.83. The molecule has 1 saturated heterocycles. The van der Waals surface area contributed by atoms with Crippen LogP contribution in [-0.4, -0.2) is 16.9 Å². The largest absolute Gasteiger partial charge is 0.345 e. The summed E-state index contributed by atoms with van der Waals surface area (Å²) in [4.78, 5) is 0. The molecule has 3 heteroatoms. The number of rotatable bonds is 1. The van der Waals surface area contributed by atoms with Gasteiger partial charge in [0.05, 0.1) is 0 Å². The molecule has 1 aliphatic heterocycles. The molecule has 2 fully saturated rings. The normalized spacial score (nSPS) is 58.0. The van der Waals surface area contributed by atoms with E-state index in [4.69, 9.17) is 16.2 Å². The van der Waals surface area contributed by atoms with E-state index in [1.54, 1.807) is 0 Å². The fourth-order valence-corrected chi connectivity index (χ4v) is 2.83. The topological polar surface area (TPSA) is 64.6 Å². The van der Waals surface area contributed by atoms with Gasteiger partial charge in [0, 0.05) is 5.54 Å². The number of fused-ring (bicyclic) bond motifs is 1. The highest BCUT2D eigenvalue weighted by Gasteiger charge is 2.74. The van der Waals surface area contributed by atoms with Gasteiger partial charge in [0.15, 0.2) is 0 Å². The lowest BCUT2D eigenvalue weighted by Gasteiger charge is -2.37. The van der Waals surface area contributed by atoms with Gasteiger partial charge in [0.1, 0.15) is 11.3 Å². The molecule has 70 valence electrons. The molecule has 12 heavy (non-hydrogen) atoms. The summed E-state index contributed by atoms with van der Waals surface area (Å²) in [6.07, 6.45) is 4.01. The lowest BCUT2D eigenvalue weighted by molar-refractivity contribution is 0.180. The Labute approximate surface area is 73.4 Å². The number of hydrogen-bond donors (Lipinski definition) is 2. The molecule has 0 spiro atoms. The van der Waals surface area contributed by atoms with Crippen molar-refractivity contribution in [1.82, 2.24) is 0 Å². The van der Waals surface area contributed by atoms with E-state index >= 15 is 0 Å². The van der Waals surface area contributed by atoms with Crippen LogP contribution in [0.5, 0.6) is 0 Å². The molecular weight excluding hydrogens is 152 g/mol. The first kappa shape index (κ1) is 8.48. The quantitative estimate of drug-likeness (QED) is 0.570. The van der Waals surface area contributed by atoms with E-state index in [1.807, 2.05) is 0 Å². The first-order valence-electron chi connectivity index (χ1n) is 4.75. The van der Waals surface area contributed by atoms with Gasteiger partial charge in [-0.1, -0.05) is 6.92 Å². The second-order valence-corrected chi connectivity index (χ2v) is 4.44. The Morgan fingerprint density at radius 3 is 2.42 bits per heavy atom. The van der Waals surface area contributed by atoms with Gasteiger partial charge in [-0.05, 0) is 32.6 Å². The zero-order chi connectivity index (χ0) is 9.04. The second kappa shape index (κ2) is 2.03. The van der Waals surface area contributed by atoms with Crippen molar-refractivity contribution in [3.05, 3.63) is 0 Å². The average molecular weight is 170 g/mol. The van der Waals surface area contributed by atoms with Crippen LogP contribution in [0.1, 0.15) is 39.5 Å². The SMILES string of the molecule is CCC12OC1(N)CCCC2(C)N. The van der Waals surface area contributed by atoms with Gasteiger partial charge in [0.2, 0.25) is 0 Å². The number of nitrogens with two attached hydrogens (primary N) is 2. The number of ether oxygens (including phenoxy) is 1. The zero-order valence-corrected chi connectivity index (χ0v) is 7.89. The highest BCUT2D eigenvalue weighted by atomic mass is 16.6. The zero-order valence-electron chi connectivity index (χ0n) is 7.89. The average Bonchev–Trinajstić information content (AvgIpc) is 2.58. The van der Waals surface area contributed by atoms with Crippen molar-refractivity contribution in [3.8, 4) is 0 Å². The van der Waals surface area contributed by atoms with Gasteiger partial charge in [-0.3, -0.25) is 0 Å². The summed E-state index contributed by atoms with van der Waals surface area (Å²) in [5.74, 6) is 0. The van der Waals surface area contributed by atoms with Crippen molar-refractivity contribution in [3.63, 3.8) is 0 Å². The van der Waals surface area contributed by atoms with Crippen LogP contribution in [0.4, 0.5) is 0 Å². The monoisotopic (exact) mass is 170 g/mol. The Morgan fingerprint density at radius 1 is 1.33 bits per heavy atom. The molecule has 3 nitrogen and oxygen atoms in total. The summed E-state index contributed by atoms with van der Waals surface area (Å²) in [6.45, 7) is 4.16. The summed E-state index contributed by atoms with van der Waals surface area (Å²) < 4.78 is 5.67. The predicted molar refractivity (Wildman–Crippen MR) is 47.5 cm³/mol. The van der Waals surface area contributed by atoms with Gasteiger partial charge in [-0.15, -0.1) is 0 Å². The number of hydrogen-bond acceptors (Lipinski definition) is 3. The lowest BCUT2D eigenvalue weighted by atomic mass is 9.70. The third-order valence-electron chi connectivity index (χ3n) is 3.66. The van der Waals surface area contributed by atoms with E-state index in [9.17, 15) is 0 Å². The summed E-state index contributed by atoms with van der Waals surface area (Å²) in [6, 6.07) is 0. The lowest BCUT2D eigenvalue weighted by Crippen LogP contribution is -2.58. The molecule has 3 atom stereocenters. The molecule has 3 unspecified atom stereocenters. The molecule has 2 rings (SSSR count). The molecule has 4 N–H and O–H groups in total. The van der Waals surface area contributed by atoms with Crippen LogP contribution in [0.15, 0.2) is 0 Å². The maximum absolute atomic E-state index is 6.19. The van der Waals surface area contributed by atoms with Crippen LogP contribution < -0.4 is 11.5 Å². The second-order valence-electron chi connectivity index (χ2n) is 4.44. The van der Waals surface area contributed by atoms with Crippen LogP contribution in [-0.2, 0) is 4.74 Å². The van der Waals surface area contributed by atoms with Crippen molar-refractivity contribution in [2.24, 2.45) is 11.5 Å². The summed E-state index contributed by atoms with van der Waals surface area (Å²) in [5, 5.41) is 0. The van der Waals surface area contributed by atoms with E-state index in [-0.39, 0.29) is 11.1 Å². The van der Waals surface area contributed by atoms with E-state index in [0.717, 1.165) is 25.7 Å². The predicted octanol–water partition coefficient (Wildman–Crippen LogP) is 0.722. The van der Waals surface area contributed by atoms with Crippen LogP contribution in [0, 0.1) is 0 Å². The molecular formula is C9H18N2O. The van der Waals surface area contributed by atoms with Crippen LogP contribution >= 0.6 is 0 Å². The first-order chi connectivity index (χ1) is 5.47. The minimum absolute atomic E-state index is 0.224. The Morgan fingerprint density at radius 2 is 2.00 bits per heavy atom. The smallest absolute Gasteiger partial charge is 0.148 e. The summed E-state index contributed by atoms with van der Waals surface area (Å²) in [7, 11) is 0. The Bertz CT molecular complexity index is 217. The van der Waals surface area contributed by atoms with E-state index in [0.29, 0.717) is 0 Å². The Balaban J connectivity index is 2.30.